The summed E-state index contributed by atoms with van der Waals surface area (Å²) in [6.45, 7) is 4.40. The normalized spacial score (nSPS) is 19.4. The number of carbonyl (C=O) groups excluding carboxylic acids is 1. The summed E-state index contributed by atoms with van der Waals surface area (Å²) in [6, 6.07) is 4.09. The van der Waals surface area contributed by atoms with Gasteiger partial charge in [0, 0.05) is 50.7 Å². The molecule has 0 N–H and O–H groups in total. The zero-order valence-corrected chi connectivity index (χ0v) is 12.1. The van der Waals surface area contributed by atoms with Crippen LogP contribution in [0.25, 0.3) is 0 Å². The van der Waals surface area contributed by atoms with Crippen LogP contribution in [0.4, 0.5) is 0 Å². The minimum absolute atomic E-state index is 0.169. The van der Waals surface area contributed by atoms with E-state index >= 15 is 0 Å². The number of rotatable bonds is 3. The Kier molecular flexibility index (Phi) is 4.46. The van der Waals surface area contributed by atoms with Gasteiger partial charge in [-0.3, -0.25) is 14.7 Å². The van der Waals surface area contributed by atoms with Crippen molar-refractivity contribution < 1.29 is 4.79 Å². The first-order chi connectivity index (χ1) is 10.3. The van der Waals surface area contributed by atoms with Crippen LogP contribution in [0.15, 0.2) is 48.3 Å². The highest BCUT2D eigenvalue weighted by Gasteiger charge is 2.22. The van der Waals surface area contributed by atoms with Crippen molar-refractivity contribution in [1.29, 1.82) is 0 Å². The SMILES string of the molecule is O=C(C1=CC[CH]C=C1)N1CCN(Cc2ccncc2)CC1. The van der Waals surface area contributed by atoms with E-state index in [9.17, 15) is 4.79 Å². The first-order valence-electron chi connectivity index (χ1n) is 7.43. The Morgan fingerprint density at radius 3 is 2.57 bits per heavy atom. The molecule has 1 aromatic rings. The van der Waals surface area contributed by atoms with Crippen LogP contribution in [0.3, 0.4) is 0 Å². The second-order valence-corrected chi connectivity index (χ2v) is 5.41. The van der Waals surface area contributed by atoms with Crippen LogP contribution in [0, 0.1) is 6.42 Å². The topological polar surface area (TPSA) is 36.4 Å². The minimum Gasteiger partial charge on any atom is -0.336 e. The van der Waals surface area contributed by atoms with Crippen molar-refractivity contribution in [2.24, 2.45) is 0 Å². The van der Waals surface area contributed by atoms with Gasteiger partial charge in [0.2, 0.25) is 0 Å². The molecule has 1 aliphatic heterocycles. The molecule has 1 saturated heterocycles. The van der Waals surface area contributed by atoms with Crippen molar-refractivity contribution in [2.75, 3.05) is 26.2 Å². The highest BCUT2D eigenvalue weighted by molar-refractivity contribution is 5.96. The molecule has 0 aromatic carbocycles. The minimum atomic E-state index is 0.169. The van der Waals surface area contributed by atoms with E-state index in [1.807, 2.05) is 47.7 Å². The van der Waals surface area contributed by atoms with Gasteiger partial charge in [-0.25, -0.2) is 0 Å². The second-order valence-electron chi connectivity index (χ2n) is 5.41. The highest BCUT2D eigenvalue weighted by Crippen LogP contribution is 2.14. The van der Waals surface area contributed by atoms with Crippen molar-refractivity contribution in [3.63, 3.8) is 0 Å². The summed E-state index contributed by atoms with van der Waals surface area (Å²) in [5.74, 6) is 0.169. The first-order valence-corrected chi connectivity index (χ1v) is 7.43. The van der Waals surface area contributed by atoms with Gasteiger partial charge in [0.1, 0.15) is 0 Å². The van der Waals surface area contributed by atoms with Gasteiger partial charge < -0.3 is 4.90 Å². The third kappa shape index (κ3) is 3.58. The van der Waals surface area contributed by atoms with Crippen LogP contribution >= 0.6 is 0 Å². The van der Waals surface area contributed by atoms with Crippen LogP contribution in [0.1, 0.15) is 12.0 Å². The third-order valence-corrected chi connectivity index (χ3v) is 3.95. The van der Waals surface area contributed by atoms with E-state index in [-0.39, 0.29) is 5.91 Å². The summed E-state index contributed by atoms with van der Waals surface area (Å²) < 4.78 is 0. The van der Waals surface area contributed by atoms with Gasteiger partial charge in [0.15, 0.2) is 0 Å². The van der Waals surface area contributed by atoms with E-state index in [1.165, 1.54) is 5.56 Å². The predicted molar refractivity (Wildman–Crippen MR) is 82.2 cm³/mol. The number of nitrogens with zero attached hydrogens (tertiary/aromatic N) is 3. The van der Waals surface area contributed by atoms with E-state index < -0.39 is 0 Å². The lowest BCUT2D eigenvalue weighted by Crippen LogP contribution is -2.48. The zero-order valence-electron chi connectivity index (χ0n) is 12.1. The fraction of sp³-hybridized carbons (Fsp3) is 0.353. The van der Waals surface area contributed by atoms with Gasteiger partial charge >= 0.3 is 0 Å². The molecule has 0 spiro atoms. The van der Waals surface area contributed by atoms with Gasteiger partial charge in [-0.2, -0.15) is 0 Å². The molecule has 21 heavy (non-hydrogen) atoms. The summed E-state index contributed by atoms with van der Waals surface area (Å²) in [5.41, 5.74) is 2.11. The third-order valence-electron chi connectivity index (χ3n) is 3.95. The Hall–Kier alpha value is -1.94. The maximum atomic E-state index is 12.4. The lowest BCUT2D eigenvalue weighted by molar-refractivity contribution is -0.128. The van der Waals surface area contributed by atoms with Gasteiger partial charge in [-0.05, 0) is 30.5 Å². The number of piperazine rings is 1. The van der Waals surface area contributed by atoms with Crippen LogP contribution in [-0.4, -0.2) is 46.9 Å². The van der Waals surface area contributed by atoms with Gasteiger partial charge in [-0.1, -0.05) is 18.2 Å². The van der Waals surface area contributed by atoms with E-state index in [1.54, 1.807) is 0 Å². The Morgan fingerprint density at radius 2 is 1.90 bits per heavy atom. The molecule has 0 bridgehead atoms. The fourth-order valence-corrected chi connectivity index (χ4v) is 2.71. The Morgan fingerprint density at radius 1 is 1.14 bits per heavy atom. The molecule has 0 atom stereocenters. The molecule has 1 amide bonds. The van der Waals surface area contributed by atoms with E-state index in [2.05, 4.69) is 16.3 Å². The second kappa shape index (κ2) is 6.68. The zero-order chi connectivity index (χ0) is 14.5. The molecule has 1 aliphatic carbocycles. The van der Waals surface area contributed by atoms with Crippen LogP contribution < -0.4 is 0 Å². The van der Waals surface area contributed by atoms with Crippen molar-refractivity contribution >= 4 is 5.91 Å². The van der Waals surface area contributed by atoms with Crippen molar-refractivity contribution in [3.8, 4) is 0 Å². The smallest absolute Gasteiger partial charge is 0.253 e. The summed E-state index contributed by atoms with van der Waals surface area (Å²) in [5, 5.41) is 0. The molecule has 4 nitrogen and oxygen atoms in total. The number of pyridine rings is 1. The lowest BCUT2D eigenvalue weighted by atomic mass is 10.1. The summed E-state index contributed by atoms with van der Waals surface area (Å²) in [6.07, 6.45) is 12.5. The fourth-order valence-electron chi connectivity index (χ4n) is 2.71. The molecule has 1 fully saturated rings. The number of carbonyl (C=O) groups is 1. The van der Waals surface area contributed by atoms with Gasteiger partial charge in [-0.15, -0.1) is 0 Å². The average molecular weight is 282 g/mol. The van der Waals surface area contributed by atoms with Crippen LogP contribution in [-0.2, 0) is 11.3 Å². The number of hydrogen-bond acceptors (Lipinski definition) is 3. The first kappa shape index (κ1) is 14.0. The number of allylic oxidation sites excluding steroid dienone is 2. The van der Waals surface area contributed by atoms with Crippen LogP contribution in [0.5, 0.6) is 0 Å². The Bertz CT molecular complexity index is 542. The van der Waals surface area contributed by atoms with Crippen LogP contribution in [0.2, 0.25) is 0 Å². The number of amides is 1. The molecule has 2 heterocycles. The molecule has 4 heteroatoms. The summed E-state index contributed by atoms with van der Waals surface area (Å²) in [7, 11) is 0. The van der Waals surface area contributed by atoms with Gasteiger partial charge in [0.05, 0.1) is 0 Å². The van der Waals surface area contributed by atoms with E-state index in [0.717, 1.165) is 44.7 Å². The van der Waals surface area contributed by atoms with E-state index in [0.29, 0.717) is 0 Å². The maximum Gasteiger partial charge on any atom is 0.253 e. The predicted octanol–water partition coefficient (Wildman–Crippen LogP) is 1.82. The quantitative estimate of drug-likeness (QED) is 0.848. The van der Waals surface area contributed by atoms with Crippen molar-refractivity contribution in [2.45, 2.75) is 13.0 Å². The Labute approximate surface area is 125 Å². The molecule has 1 aromatic heterocycles. The van der Waals surface area contributed by atoms with Crippen molar-refractivity contribution in [1.82, 2.24) is 14.8 Å². The standard InChI is InChI=1S/C17H20N3O/c21-17(16-4-2-1-3-5-16)20-12-10-19(11-13-20)14-15-6-8-18-9-7-15/h1-2,4-9H,3,10-14H2. The van der Waals surface area contributed by atoms with Crippen molar-refractivity contribution in [3.05, 3.63) is 60.3 Å². The van der Waals surface area contributed by atoms with E-state index in [4.69, 9.17) is 0 Å². The molecule has 0 unspecified atom stereocenters. The molecule has 3 rings (SSSR count). The summed E-state index contributed by atoms with van der Waals surface area (Å²) in [4.78, 5) is 20.8. The average Bonchev–Trinajstić information content (AvgIpc) is 2.57. The summed E-state index contributed by atoms with van der Waals surface area (Å²) >= 11 is 0. The molecule has 0 saturated carbocycles. The maximum absolute atomic E-state index is 12.4. The highest BCUT2D eigenvalue weighted by atomic mass is 16.2. The molecule has 1 radical (unpaired) electrons. The molecular weight excluding hydrogens is 262 g/mol. The number of aromatic nitrogens is 1. The van der Waals surface area contributed by atoms with Gasteiger partial charge in [0.25, 0.3) is 5.91 Å². The Balaban J connectivity index is 1.52. The number of hydrogen-bond donors (Lipinski definition) is 0. The largest absolute Gasteiger partial charge is 0.336 e. The molecule has 109 valence electrons. The lowest BCUT2D eigenvalue weighted by Gasteiger charge is -2.35. The molecule has 2 aliphatic rings. The molecular formula is C17H20N3O. The monoisotopic (exact) mass is 282 g/mol.